The Hall–Kier alpha value is -0.130. The van der Waals surface area contributed by atoms with Crippen LogP contribution in [-0.2, 0) is 16.1 Å². The van der Waals surface area contributed by atoms with Crippen LogP contribution in [-0.4, -0.2) is 31.9 Å². The summed E-state index contributed by atoms with van der Waals surface area (Å²) in [5, 5.41) is 3.31. The van der Waals surface area contributed by atoms with Crippen molar-refractivity contribution < 1.29 is 9.47 Å². The van der Waals surface area contributed by atoms with Gasteiger partial charge < -0.3 is 14.8 Å². The highest BCUT2D eigenvalue weighted by atomic mass is 35.5. The van der Waals surface area contributed by atoms with Crippen molar-refractivity contribution >= 4 is 22.9 Å². The van der Waals surface area contributed by atoms with Crippen LogP contribution in [0.1, 0.15) is 11.8 Å². The lowest BCUT2D eigenvalue weighted by atomic mass is 10.2. The lowest BCUT2D eigenvalue weighted by molar-refractivity contribution is -0.0713. The first-order valence-electron chi connectivity index (χ1n) is 5.42. The molecule has 1 aliphatic rings. The van der Waals surface area contributed by atoms with Gasteiger partial charge in [-0.1, -0.05) is 11.6 Å². The van der Waals surface area contributed by atoms with Crippen molar-refractivity contribution in [1.82, 2.24) is 5.32 Å². The normalized spacial score (nSPS) is 25.9. The fourth-order valence-corrected chi connectivity index (χ4v) is 2.72. The van der Waals surface area contributed by atoms with E-state index in [0.29, 0.717) is 13.2 Å². The van der Waals surface area contributed by atoms with Crippen LogP contribution in [0.25, 0.3) is 0 Å². The molecule has 2 unspecified atom stereocenters. The van der Waals surface area contributed by atoms with Crippen molar-refractivity contribution in [3.05, 3.63) is 21.3 Å². The molecule has 1 fully saturated rings. The zero-order valence-electron chi connectivity index (χ0n) is 9.24. The van der Waals surface area contributed by atoms with E-state index >= 15 is 0 Å². The van der Waals surface area contributed by atoms with E-state index in [9.17, 15) is 0 Å². The van der Waals surface area contributed by atoms with Gasteiger partial charge in [0.1, 0.15) is 0 Å². The molecule has 1 aromatic rings. The molecule has 90 valence electrons. The second kappa shape index (κ2) is 5.98. The van der Waals surface area contributed by atoms with Crippen molar-refractivity contribution in [3.8, 4) is 0 Å². The SMILES string of the molecule is CC1CNCC(COCc2ccc(Cl)s2)O1. The van der Waals surface area contributed by atoms with Crippen LogP contribution in [0, 0.1) is 0 Å². The van der Waals surface area contributed by atoms with E-state index in [0.717, 1.165) is 22.3 Å². The van der Waals surface area contributed by atoms with Gasteiger partial charge in [-0.05, 0) is 19.1 Å². The van der Waals surface area contributed by atoms with Gasteiger partial charge >= 0.3 is 0 Å². The third-order valence-electron chi connectivity index (χ3n) is 2.41. The molecule has 0 spiro atoms. The summed E-state index contributed by atoms with van der Waals surface area (Å²) in [5.41, 5.74) is 0. The van der Waals surface area contributed by atoms with Gasteiger partial charge in [0.25, 0.3) is 0 Å². The maximum Gasteiger partial charge on any atom is 0.0936 e. The molecule has 3 nitrogen and oxygen atoms in total. The van der Waals surface area contributed by atoms with E-state index in [1.165, 1.54) is 0 Å². The molecule has 0 aromatic carbocycles. The van der Waals surface area contributed by atoms with Crippen molar-refractivity contribution in [1.29, 1.82) is 0 Å². The Labute approximate surface area is 105 Å². The summed E-state index contributed by atoms with van der Waals surface area (Å²) in [6.45, 7) is 5.11. The van der Waals surface area contributed by atoms with Crippen LogP contribution < -0.4 is 5.32 Å². The predicted octanol–water partition coefficient (Wildman–Crippen LogP) is 2.29. The van der Waals surface area contributed by atoms with Gasteiger partial charge in [0.15, 0.2) is 0 Å². The summed E-state index contributed by atoms with van der Waals surface area (Å²) >= 11 is 7.39. The largest absolute Gasteiger partial charge is 0.373 e. The summed E-state index contributed by atoms with van der Waals surface area (Å²) in [6, 6.07) is 3.89. The summed E-state index contributed by atoms with van der Waals surface area (Å²) in [4.78, 5) is 1.15. The average Bonchev–Trinajstić information content (AvgIpc) is 2.64. The molecule has 1 saturated heterocycles. The molecule has 2 heterocycles. The van der Waals surface area contributed by atoms with Crippen molar-refractivity contribution in [2.24, 2.45) is 0 Å². The molecule has 2 atom stereocenters. The van der Waals surface area contributed by atoms with E-state index in [-0.39, 0.29) is 12.2 Å². The molecule has 0 aliphatic carbocycles. The van der Waals surface area contributed by atoms with E-state index in [4.69, 9.17) is 21.1 Å². The minimum absolute atomic E-state index is 0.166. The minimum Gasteiger partial charge on any atom is -0.373 e. The molecular weight excluding hydrogens is 246 g/mol. The molecule has 1 aliphatic heterocycles. The number of halogens is 1. The molecule has 5 heteroatoms. The van der Waals surface area contributed by atoms with Crippen LogP contribution in [0.4, 0.5) is 0 Å². The summed E-state index contributed by atoms with van der Waals surface area (Å²) in [5.74, 6) is 0. The quantitative estimate of drug-likeness (QED) is 0.902. The first kappa shape index (κ1) is 12.3. The zero-order valence-corrected chi connectivity index (χ0v) is 10.8. The topological polar surface area (TPSA) is 30.5 Å². The van der Waals surface area contributed by atoms with Gasteiger partial charge in [-0.15, -0.1) is 11.3 Å². The Morgan fingerprint density at radius 3 is 3.12 bits per heavy atom. The lowest BCUT2D eigenvalue weighted by Gasteiger charge is -2.28. The molecular formula is C11H16ClNO2S. The standard InChI is InChI=1S/C11H16ClNO2S/c1-8-4-13-5-9(15-8)6-14-7-10-2-3-11(12)16-10/h2-3,8-9,13H,4-7H2,1H3. The Kier molecular flexibility index (Phi) is 4.61. The fourth-order valence-electron chi connectivity index (χ4n) is 1.69. The van der Waals surface area contributed by atoms with Crippen molar-refractivity contribution in [3.63, 3.8) is 0 Å². The van der Waals surface area contributed by atoms with Crippen LogP contribution >= 0.6 is 22.9 Å². The van der Waals surface area contributed by atoms with Crippen molar-refractivity contribution in [2.45, 2.75) is 25.7 Å². The fraction of sp³-hybridized carbons (Fsp3) is 0.636. The van der Waals surface area contributed by atoms with Crippen molar-refractivity contribution in [2.75, 3.05) is 19.7 Å². The molecule has 16 heavy (non-hydrogen) atoms. The highest BCUT2D eigenvalue weighted by Gasteiger charge is 2.18. The van der Waals surface area contributed by atoms with Crippen LogP contribution in [0.2, 0.25) is 4.34 Å². The maximum absolute atomic E-state index is 5.84. The molecule has 1 aromatic heterocycles. The Morgan fingerprint density at radius 2 is 2.44 bits per heavy atom. The molecule has 0 saturated carbocycles. The number of ether oxygens (including phenoxy) is 2. The molecule has 0 bridgehead atoms. The predicted molar refractivity (Wildman–Crippen MR) is 66.2 cm³/mol. The first-order chi connectivity index (χ1) is 7.74. The first-order valence-corrected chi connectivity index (χ1v) is 6.61. The van der Waals surface area contributed by atoms with Gasteiger partial charge in [-0.2, -0.15) is 0 Å². The van der Waals surface area contributed by atoms with E-state index < -0.39 is 0 Å². The lowest BCUT2D eigenvalue weighted by Crippen LogP contribution is -2.45. The van der Waals surface area contributed by atoms with Gasteiger partial charge in [0, 0.05) is 18.0 Å². The van der Waals surface area contributed by atoms with Crippen LogP contribution in [0.3, 0.4) is 0 Å². The number of thiophene rings is 1. The number of nitrogens with one attached hydrogen (secondary N) is 1. The van der Waals surface area contributed by atoms with E-state index in [1.807, 2.05) is 12.1 Å². The van der Waals surface area contributed by atoms with Crippen LogP contribution in [0.15, 0.2) is 12.1 Å². The Morgan fingerprint density at radius 1 is 1.56 bits per heavy atom. The monoisotopic (exact) mass is 261 g/mol. The van der Waals surface area contributed by atoms with Gasteiger partial charge in [0.2, 0.25) is 0 Å². The smallest absolute Gasteiger partial charge is 0.0936 e. The van der Waals surface area contributed by atoms with Gasteiger partial charge in [0.05, 0.1) is 29.8 Å². The Balaban J connectivity index is 1.67. The molecule has 1 N–H and O–H groups in total. The van der Waals surface area contributed by atoms with E-state index in [2.05, 4.69) is 12.2 Å². The molecule has 2 rings (SSSR count). The third-order valence-corrected chi connectivity index (χ3v) is 3.61. The van der Waals surface area contributed by atoms with E-state index in [1.54, 1.807) is 11.3 Å². The summed E-state index contributed by atoms with van der Waals surface area (Å²) in [7, 11) is 0. The highest BCUT2D eigenvalue weighted by molar-refractivity contribution is 7.16. The summed E-state index contributed by atoms with van der Waals surface area (Å²) < 4.78 is 12.1. The number of hydrogen-bond acceptors (Lipinski definition) is 4. The van der Waals surface area contributed by atoms with Gasteiger partial charge in [-0.3, -0.25) is 0 Å². The number of morpholine rings is 1. The zero-order chi connectivity index (χ0) is 11.4. The number of hydrogen-bond donors (Lipinski definition) is 1. The summed E-state index contributed by atoms with van der Waals surface area (Å²) in [6.07, 6.45) is 0.442. The second-order valence-corrected chi connectivity index (χ2v) is 5.75. The molecule has 0 amide bonds. The Bertz CT molecular complexity index is 332. The number of rotatable bonds is 4. The highest BCUT2D eigenvalue weighted by Crippen LogP contribution is 2.22. The average molecular weight is 262 g/mol. The maximum atomic E-state index is 5.84. The van der Waals surface area contributed by atoms with Gasteiger partial charge in [-0.25, -0.2) is 0 Å². The molecule has 0 radical (unpaired) electrons. The third kappa shape index (κ3) is 3.71. The minimum atomic E-state index is 0.166. The van der Waals surface area contributed by atoms with Crippen LogP contribution in [0.5, 0.6) is 0 Å². The second-order valence-electron chi connectivity index (χ2n) is 3.95.